The van der Waals surface area contributed by atoms with E-state index in [1.807, 2.05) is 12.1 Å². The smallest absolute Gasteiger partial charge is 0.0576 e. The number of rotatable bonds is 5. The Morgan fingerprint density at radius 1 is 1.44 bits per heavy atom. The fraction of sp³-hybridized carbons (Fsp3) is 0.615. The quantitative estimate of drug-likeness (QED) is 0.829. The van der Waals surface area contributed by atoms with Crippen molar-refractivity contribution in [3.8, 4) is 0 Å². The minimum Gasteiger partial charge on any atom is -0.378 e. The standard InChI is InChI=1S/C13H20N2O/c14-13(11-6-8-15-9-7-11)5-1-3-12-4-2-10-16-12/h6-9,12-13H,1-5,10,14H2. The maximum atomic E-state index is 6.11. The highest BCUT2D eigenvalue weighted by molar-refractivity contribution is 5.13. The fourth-order valence-electron chi connectivity index (χ4n) is 2.21. The third kappa shape index (κ3) is 3.29. The van der Waals surface area contributed by atoms with E-state index in [9.17, 15) is 0 Å². The van der Waals surface area contributed by atoms with Crippen molar-refractivity contribution in [2.45, 2.75) is 44.2 Å². The molecule has 2 atom stereocenters. The summed E-state index contributed by atoms with van der Waals surface area (Å²) in [5.41, 5.74) is 7.29. The molecule has 2 heterocycles. The highest BCUT2D eigenvalue weighted by atomic mass is 16.5. The number of aromatic nitrogens is 1. The minimum absolute atomic E-state index is 0.143. The second-order valence-electron chi connectivity index (χ2n) is 4.45. The van der Waals surface area contributed by atoms with E-state index in [-0.39, 0.29) is 6.04 Å². The maximum absolute atomic E-state index is 6.11. The first-order chi connectivity index (χ1) is 7.86. The molecule has 2 rings (SSSR count). The molecule has 1 aromatic heterocycles. The van der Waals surface area contributed by atoms with Crippen LogP contribution < -0.4 is 5.73 Å². The van der Waals surface area contributed by atoms with Crippen LogP contribution >= 0.6 is 0 Å². The average Bonchev–Trinajstić information content (AvgIpc) is 2.83. The summed E-state index contributed by atoms with van der Waals surface area (Å²) in [4.78, 5) is 4.00. The number of nitrogens with zero attached hydrogens (tertiary/aromatic N) is 1. The summed E-state index contributed by atoms with van der Waals surface area (Å²) in [5, 5.41) is 0. The molecule has 0 bridgehead atoms. The minimum atomic E-state index is 0.143. The molecule has 2 unspecified atom stereocenters. The molecule has 3 nitrogen and oxygen atoms in total. The van der Waals surface area contributed by atoms with Gasteiger partial charge in [-0.25, -0.2) is 0 Å². The Balaban J connectivity index is 1.69. The Morgan fingerprint density at radius 2 is 2.25 bits per heavy atom. The van der Waals surface area contributed by atoms with Crippen molar-refractivity contribution in [3.05, 3.63) is 30.1 Å². The van der Waals surface area contributed by atoms with Crippen LogP contribution in [0.1, 0.15) is 43.7 Å². The zero-order valence-corrected chi connectivity index (χ0v) is 9.64. The molecule has 0 amide bonds. The van der Waals surface area contributed by atoms with Gasteiger partial charge >= 0.3 is 0 Å². The summed E-state index contributed by atoms with van der Waals surface area (Å²) >= 11 is 0. The second-order valence-corrected chi connectivity index (χ2v) is 4.45. The van der Waals surface area contributed by atoms with Crippen molar-refractivity contribution in [2.24, 2.45) is 5.73 Å². The summed E-state index contributed by atoms with van der Waals surface area (Å²) in [7, 11) is 0. The van der Waals surface area contributed by atoms with E-state index in [0.29, 0.717) is 6.10 Å². The van der Waals surface area contributed by atoms with Crippen molar-refractivity contribution in [1.29, 1.82) is 0 Å². The third-order valence-corrected chi connectivity index (χ3v) is 3.20. The van der Waals surface area contributed by atoms with E-state index >= 15 is 0 Å². The predicted molar refractivity (Wildman–Crippen MR) is 64.0 cm³/mol. The lowest BCUT2D eigenvalue weighted by Gasteiger charge is -2.13. The lowest BCUT2D eigenvalue weighted by atomic mass is 10.0. The van der Waals surface area contributed by atoms with Gasteiger partial charge in [0.05, 0.1) is 6.10 Å². The van der Waals surface area contributed by atoms with Crippen LogP contribution in [0.15, 0.2) is 24.5 Å². The first-order valence-corrected chi connectivity index (χ1v) is 6.13. The van der Waals surface area contributed by atoms with Crippen LogP contribution in [0.2, 0.25) is 0 Å². The highest BCUT2D eigenvalue weighted by Crippen LogP contribution is 2.21. The maximum Gasteiger partial charge on any atom is 0.0576 e. The third-order valence-electron chi connectivity index (χ3n) is 3.20. The van der Waals surface area contributed by atoms with Crippen LogP contribution in [0.5, 0.6) is 0 Å². The number of hydrogen-bond donors (Lipinski definition) is 1. The van der Waals surface area contributed by atoms with Gasteiger partial charge in [-0.05, 0) is 49.8 Å². The first-order valence-electron chi connectivity index (χ1n) is 6.13. The molecule has 0 radical (unpaired) electrons. The highest BCUT2D eigenvalue weighted by Gasteiger charge is 2.15. The van der Waals surface area contributed by atoms with Crippen LogP contribution in [-0.4, -0.2) is 17.7 Å². The van der Waals surface area contributed by atoms with Gasteiger partial charge in [0.1, 0.15) is 0 Å². The Bertz CT molecular complexity index is 296. The lowest BCUT2D eigenvalue weighted by Crippen LogP contribution is -2.12. The van der Waals surface area contributed by atoms with Crippen LogP contribution in [-0.2, 0) is 4.74 Å². The van der Waals surface area contributed by atoms with Crippen molar-refractivity contribution in [1.82, 2.24) is 4.98 Å². The van der Waals surface area contributed by atoms with Gasteiger partial charge < -0.3 is 10.5 Å². The number of hydrogen-bond acceptors (Lipinski definition) is 3. The Hall–Kier alpha value is -0.930. The van der Waals surface area contributed by atoms with Crippen molar-refractivity contribution < 1.29 is 4.74 Å². The van der Waals surface area contributed by atoms with Crippen LogP contribution in [0, 0.1) is 0 Å². The number of nitrogens with two attached hydrogens (primary N) is 1. The van der Waals surface area contributed by atoms with Gasteiger partial charge in [-0.2, -0.15) is 0 Å². The predicted octanol–water partition coefficient (Wildman–Crippen LogP) is 2.43. The van der Waals surface area contributed by atoms with Crippen molar-refractivity contribution in [3.63, 3.8) is 0 Å². The zero-order chi connectivity index (χ0) is 11.2. The molecule has 0 aromatic carbocycles. The second kappa shape index (κ2) is 5.97. The van der Waals surface area contributed by atoms with E-state index in [4.69, 9.17) is 10.5 Å². The van der Waals surface area contributed by atoms with E-state index < -0.39 is 0 Å². The number of pyridine rings is 1. The van der Waals surface area contributed by atoms with Gasteiger partial charge in [0, 0.05) is 25.0 Å². The number of ether oxygens (including phenoxy) is 1. The molecular weight excluding hydrogens is 200 g/mol. The van der Waals surface area contributed by atoms with Crippen molar-refractivity contribution >= 4 is 0 Å². The molecule has 1 saturated heterocycles. The Labute approximate surface area is 97.0 Å². The molecule has 1 aliphatic heterocycles. The molecule has 0 saturated carbocycles. The zero-order valence-electron chi connectivity index (χ0n) is 9.64. The molecule has 1 aliphatic rings. The fourth-order valence-corrected chi connectivity index (χ4v) is 2.21. The van der Waals surface area contributed by atoms with Crippen LogP contribution in [0.3, 0.4) is 0 Å². The molecule has 0 spiro atoms. The van der Waals surface area contributed by atoms with E-state index in [2.05, 4.69) is 4.98 Å². The Kier molecular flexibility index (Phi) is 4.31. The molecule has 1 aromatic rings. The van der Waals surface area contributed by atoms with Gasteiger partial charge in [-0.3, -0.25) is 4.98 Å². The summed E-state index contributed by atoms with van der Waals surface area (Å²) < 4.78 is 5.59. The summed E-state index contributed by atoms with van der Waals surface area (Å²) in [5.74, 6) is 0. The van der Waals surface area contributed by atoms with E-state index in [1.54, 1.807) is 12.4 Å². The molecule has 0 aliphatic carbocycles. The molecular formula is C13H20N2O. The van der Waals surface area contributed by atoms with Crippen LogP contribution in [0.25, 0.3) is 0 Å². The Morgan fingerprint density at radius 3 is 2.94 bits per heavy atom. The summed E-state index contributed by atoms with van der Waals surface area (Å²) in [6, 6.07) is 4.14. The van der Waals surface area contributed by atoms with Gasteiger partial charge in [-0.1, -0.05) is 0 Å². The van der Waals surface area contributed by atoms with Crippen LogP contribution in [0.4, 0.5) is 0 Å². The largest absolute Gasteiger partial charge is 0.378 e. The van der Waals surface area contributed by atoms with Crippen molar-refractivity contribution in [2.75, 3.05) is 6.61 Å². The molecule has 16 heavy (non-hydrogen) atoms. The van der Waals surface area contributed by atoms with Gasteiger partial charge in [0.2, 0.25) is 0 Å². The topological polar surface area (TPSA) is 48.1 Å². The molecule has 88 valence electrons. The normalized spacial score (nSPS) is 22.2. The monoisotopic (exact) mass is 220 g/mol. The summed E-state index contributed by atoms with van der Waals surface area (Å²) in [6.45, 7) is 0.946. The molecule has 3 heteroatoms. The van der Waals surface area contributed by atoms with Gasteiger partial charge in [0.15, 0.2) is 0 Å². The summed E-state index contributed by atoms with van der Waals surface area (Å²) in [6.07, 6.45) is 9.87. The van der Waals surface area contributed by atoms with Gasteiger partial charge in [0.25, 0.3) is 0 Å². The van der Waals surface area contributed by atoms with E-state index in [1.165, 1.54) is 18.4 Å². The average molecular weight is 220 g/mol. The first kappa shape index (κ1) is 11.6. The van der Waals surface area contributed by atoms with Gasteiger partial charge in [-0.15, -0.1) is 0 Å². The van der Waals surface area contributed by atoms with E-state index in [0.717, 1.165) is 25.9 Å². The molecule has 2 N–H and O–H groups in total. The SMILES string of the molecule is NC(CCCC1CCCO1)c1ccncc1. The lowest BCUT2D eigenvalue weighted by molar-refractivity contribution is 0.101. The molecule has 1 fully saturated rings.